The molecule has 0 radical (unpaired) electrons. The van der Waals surface area contributed by atoms with Crippen LogP contribution in [0.4, 0.5) is 0 Å². The van der Waals surface area contributed by atoms with E-state index >= 15 is 0 Å². The lowest BCUT2D eigenvalue weighted by Gasteiger charge is -2.19. The molecule has 0 aliphatic heterocycles. The largest absolute Gasteiger partial charge is 0.480 e. The van der Waals surface area contributed by atoms with Gasteiger partial charge in [0, 0.05) is 6.42 Å². The normalized spacial score (nSPS) is 13.8. The summed E-state index contributed by atoms with van der Waals surface area (Å²) in [6.45, 7) is 2.83. The van der Waals surface area contributed by atoms with Crippen molar-refractivity contribution in [1.82, 2.24) is 5.32 Å². The molecule has 7 nitrogen and oxygen atoms in total. The van der Waals surface area contributed by atoms with Crippen LogP contribution in [0.15, 0.2) is 0 Å². The van der Waals surface area contributed by atoms with Crippen LogP contribution in [-0.4, -0.2) is 51.7 Å². The second kappa shape index (κ2) is 9.44. The third-order valence-corrected chi connectivity index (χ3v) is 2.84. The highest BCUT2D eigenvalue weighted by Gasteiger charge is 2.24. The Kier molecular flexibility index (Phi) is 8.74. The first-order chi connectivity index (χ1) is 9.27. The van der Waals surface area contributed by atoms with Crippen LogP contribution in [0.3, 0.4) is 0 Å². The van der Waals surface area contributed by atoms with E-state index in [1.165, 1.54) is 0 Å². The van der Waals surface area contributed by atoms with Crippen LogP contribution in [0.2, 0.25) is 0 Å². The van der Waals surface area contributed by atoms with Gasteiger partial charge in [0.05, 0.1) is 12.5 Å². The molecule has 1 unspecified atom stereocenters. The standard InChI is InChI=1S/C13H23NO6/c1-8(2)12(13(19)20)14-11(18)6-9(16)4-3-5-10(17)7-15/h8-9,12,15-16H,3-7H2,1-2H3,(H,14,18)(H,19,20)/t9?,12-/m1/s1. The molecule has 0 aromatic carbocycles. The zero-order valence-corrected chi connectivity index (χ0v) is 11.8. The smallest absolute Gasteiger partial charge is 0.326 e. The van der Waals surface area contributed by atoms with Crippen molar-refractivity contribution in [2.24, 2.45) is 5.92 Å². The lowest BCUT2D eigenvalue weighted by Crippen LogP contribution is -2.45. The molecule has 0 aliphatic rings. The minimum absolute atomic E-state index is 0.152. The van der Waals surface area contributed by atoms with Gasteiger partial charge < -0.3 is 20.6 Å². The zero-order valence-electron chi connectivity index (χ0n) is 11.8. The van der Waals surface area contributed by atoms with E-state index in [1.807, 2.05) is 0 Å². The fourth-order valence-electron chi connectivity index (χ4n) is 1.68. The zero-order chi connectivity index (χ0) is 15.7. The Balaban J connectivity index is 4.06. The van der Waals surface area contributed by atoms with Gasteiger partial charge >= 0.3 is 5.97 Å². The van der Waals surface area contributed by atoms with Crippen LogP contribution in [0.25, 0.3) is 0 Å². The van der Waals surface area contributed by atoms with Gasteiger partial charge in [-0.05, 0) is 18.8 Å². The molecule has 0 aliphatic carbocycles. The number of carboxylic acids is 1. The van der Waals surface area contributed by atoms with Gasteiger partial charge in [-0.2, -0.15) is 0 Å². The maximum absolute atomic E-state index is 11.6. The number of carboxylic acid groups (broad SMARTS) is 1. The Hall–Kier alpha value is -1.47. The minimum atomic E-state index is -1.11. The molecule has 4 N–H and O–H groups in total. The van der Waals surface area contributed by atoms with Crippen molar-refractivity contribution < 1.29 is 29.7 Å². The van der Waals surface area contributed by atoms with E-state index in [9.17, 15) is 19.5 Å². The lowest BCUT2D eigenvalue weighted by atomic mass is 10.0. The summed E-state index contributed by atoms with van der Waals surface area (Å²) >= 11 is 0. The van der Waals surface area contributed by atoms with E-state index in [0.29, 0.717) is 6.42 Å². The molecule has 0 heterocycles. The number of amides is 1. The van der Waals surface area contributed by atoms with Gasteiger partial charge in [0.1, 0.15) is 12.6 Å². The highest BCUT2D eigenvalue weighted by molar-refractivity contribution is 5.84. The van der Waals surface area contributed by atoms with Crippen LogP contribution < -0.4 is 5.32 Å². The number of hydrogen-bond donors (Lipinski definition) is 4. The van der Waals surface area contributed by atoms with Gasteiger partial charge in [-0.25, -0.2) is 4.79 Å². The molecule has 2 atom stereocenters. The number of aliphatic hydroxyl groups excluding tert-OH is 2. The highest BCUT2D eigenvalue weighted by atomic mass is 16.4. The summed E-state index contributed by atoms with van der Waals surface area (Å²) in [7, 11) is 0. The Morgan fingerprint density at radius 3 is 2.25 bits per heavy atom. The number of rotatable bonds is 10. The molecule has 0 aromatic rings. The number of hydrogen-bond acceptors (Lipinski definition) is 5. The van der Waals surface area contributed by atoms with Gasteiger partial charge in [-0.15, -0.1) is 0 Å². The number of aliphatic hydroxyl groups is 2. The van der Waals surface area contributed by atoms with E-state index < -0.39 is 30.6 Å². The third-order valence-electron chi connectivity index (χ3n) is 2.84. The summed E-state index contributed by atoms with van der Waals surface area (Å²) in [6, 6.07) is -0.981. The Bertz CT molecular complexity index is 342. The second-order valence-electron chi connectivity index (χ2n) is 5.07. The molecule has 0 spiro atoms. The predicted octanol–water partition coefficient (Wildman–Crippen LogP) is -0.305. The van der Waals surface area contributed by atoms with Gasteiger partial charge in [0.2, 0.25) is 5.91 Å². The number of carbonyl (C=O) groups excluding carboxylic acids is 2. The van der Waals surface area contributed by atoms with Gasteiger partial charge in [0.25, 0.3) is 0 Å². The van der Waals surface area contributed by atoms with Crippen LogP contribution in [0, 0.1) is 5.92 Å². The summed E-state index contributed by atoms with van der Waals surface area (Å²) in [6.07, 6.45) is -0.357. The number of nitrogens with one attached hydrogen (secondary N) is 1. The topological polar surface area (TPSA) is 124 Å². The molecule has 0 aromatic heterocycles. The van der Waals surface area contributed by atoms with E-state index in [2.05, 4.69) is 5.32 Å². The van der Waals surface area contributed by atoms with Crippen LogP contribution in [-0.2, 0) is 14.4 Å². The first-order valence-corrected chi connectivity index (χ1v) is 6.60. The van der Waals surface area contributed by atoms with Gasteiger partial charge in [-0.1, -0.05) is 13.8 Å². The summed E-state index contributed by atoms with van der Waals surface area (Å²) in [5, 5.41) is 29.4. The van der Waals surface area contributed by atoms with Crippen molar-refractivity contribution in [3.63, 3.8) is 0 Å². The SMILES string of the molecule is CC(C)[C@@H](NC(=O)CC(O)CCCC(=O)CO)C(=O)O. The molecule has 1 amide bonds. The van der Waals surface area contributed by atoms with Crippen molar-refractivity contribution in [3.8, 4) is 0 Å². The van der Waals surface area contributed by atoms with Crippen molar-refractivity contribution in [1.29, 1.82) is 0 Å². The average Bonchev–Trinajstić information content (AvgIpc) is 2.34. The molecular formula is C13H23NO6. The van der Waals surface area contributed by atoms with Crippen molar-refractivity contribution in [2.75, 3.05) is 6.61 Å². The lowest BCUT2D eigenvalue weighted by molar-refractivity contribution is -0.143. The van der Waals surface area contributed by atoms with E-state index in [-0.39, 0.29) is 31.0 Å². The third kappa shape index (κ3) is 7.85. The molecule has 0 bridgehead atoms. The Morgan fingerprint density at radius 2 is 1.80 bits per heavy atom. The molecule has 0 saturated carbocycles. The van der Waals surface area contributed by atoms with Crippen LogP contribution in [0.1, 0.15) is 39.5 Å². The molecule has 116 valence electrons. The molecule has 0 saturated heterocycles. The molecule has 20 heavy (non-hydrogen) atoms. The van der Waals surface area contributed by atoms with Crippen LogP contribution in [0.5, 0.6) is 0 Å². The first-order valence-electron chi connectivity index (χ1n) is 6.60. The fourth-order valence-corrected chi connectivity index (χ4v) is 1.68. The Morgan fingerprint density at radius 1 is 1.20 bits per heavy atom. The molecular weight excluding hydrogens is 266 g/mol. The summed E-state index contributed by atoms with van der Waals surface area (Å²) in [5.41, 5.74) is 0. The molecule has 7 heteroatoms. The van der Waals surface area contributed by atoms with Crippen molar-refractivity contribution >= 4 is 17.7 Å². The average molecular weight is 289 g/mol. The summed E-state index contributed by atoms with van der Waals surface area (Å²) < 4.78 is 0. The number of ketones is 1. The van der Waals surface area contributed by atoms with E-state index in [1.54, 1.807) is 13.8 Å². The maximum atomic E-state index is 11.6. The highest BCUT2D eigenvalue weighted by Crippen LogP contribution is 2.07. The minimum Gasteiger partial charge on any atom is -0.480 e. The summed E-state index contributed by atoms with van der Waals surface area (Å²) in [4.78, 5) is 33.3. The number of Topliss-reactive ketones (excluding diaryl/α,β-unsaturated/α-hetero) is 1. The maximum Gasteiger partial charge on any atom is 0.326 e. The van der Waals surface area contributed by atoms with E-state index in [0.717, 1.165) is 0 Å². The van der Waals surface area contributed by atoms with Crippen molar-refractivity contribution in [3.05, 3.63) is 0 Å². The number of carbonyl (C=O) groups is 3. The number of aliphatic carboxylic acids is 1. The Labute approximate surface area is 118 Å². The summed E-state index contributed by atoms with van der Waals surface area (Å²) in [5.74, 6) is -2.22. The van der Waals surface area contributed by atoms with Gasteiger partial charge in [0.15, 0.2) is 5.78 Å². The first kappa shape index (κ1) is 18.5. The second-order valence-corrected chi connectivity index (χ2v) is 5.07. The monoisotopic (exact) mass is 289 g/mol. The van der Waals surface area contributed by atoms with Crippen LogP contribution >= 0.6 is 0 Å². The molecule has 0 rings (SSSR count). The fraction of sp³-hybridized carbons (Fsp3) is 0.769. The predicted molar refractivity (Wildman–Crippen MR) is 71.0 cm³/mol. The van der Waals surface area contributed by atoms with Gasteiger partial charge in [-0.3, -0.25) is 9.59 Å². The van der Waals surface area contributed by atoms with Crippen molar-refractivity contribution in [2.45, 2.75) is 51.7 Å². The van der Waals surface area contributed by atoms with E-state index in [4.69, 9.17) is 10.2 Å². The quantitative estimate of drug-likeness (QED) is 0.437. The molecule has 0 fully saturated rings.